The van der Waals surface area contributed by atoms with Crippen molar-refractivity contribution >= 4 is 43.2 Å². The van der Waals surface area contributed by atoms with Gasteiger partial charge in [-0.2, -0.15) is 0 Å². The first kappa shape index (κ1) is 16.8. The zero-order valence-electron chi connectivity index (χ0n) is 14.1. The van der Waals surface area contributed by atoms with E-state index in [1.54, 1.807) is 11.3 Å². The first-order chi connectivity index (χ1) is 12.3. The fourth-order valence-corrected chi connectivity index (χ4v) is 4.90. The van der Waals surface area contributed by atoms with Gasteiger partial charge in [0.1, 0.15) is 0 Å². The molecule has 3 N–H and O–H groups in total. The SMILES string of the molecule is Nc1nc(CCCNC2CCN(c3nc4ccccc4s3)CC2)cs1. The van der Waals surface area contributed by atoms with Crippen molar-refractivity contribution in [3.63, 3.8) is 0 Å². The summed E-state index contributed by atoms with van der Waals surface area (Å²) < 4.78 is 1.28. The Balaban J connectivity index is 1.21. The molecule has 0 aliphatic carbocycles. The number of nitrogens with zero attached hydrogens (tertiary/aromatic N) is 3. The van der Waals surface area contributed by atoms with E-state index in [0.29, 0.717) is 11.2 Å². The van der Waals surface area contributed by atoms with Crippen molar-refractivity contribution in [3.05, 3.63) is 35.3 Å². The van der Waals surface area contributed by atoms with Crippen LogP contribution in [0.4, 0.5) is 10.3 Å². The molecule has 1 aliphatic heterocycles. The molecule has 5 nitrogen and oxygen atoms in total. The molecule has 2 aromatic heterocycles. The first-order valence-electron chi connectivity index (χ1n) is 8.82. The molecule has 0 unspecified atom stereocenters. The van der Waals surface area contributed by atoms with E-state index >= 15 is 0 Å². The van der Waals surface area contributed by atoms with Crippen molar-refractivity contribution < 1.29 is 0 Å². The largest absolute Gasteiger partial charge is 0.375 e. The molecule has 7 heteroatoms. The van der Waals surface area contributed by atoms with E-state index in [0.717, 1.165) is 43.7 Å². The van der Waals surface area contributed by atoms with Gasteiger partial charge in [0.25, 0.3) is 0 Å². The number of fused-ring (bicyclic) bond motifs is 1. The molecule has 3 heterocycles. The van der Waals surface area contributed by atoms with E-state index < -0.39 is 0 Å². The summed E-state index contributed by atoms with van der Waals surface area (Å²) >= 11 is 3.33. The van der Waals surface area contributed by atoms with Gasteiger partial charge in [-0.1, -0.05) is 23.5 Å². The molecule has 0 amide bonds. The molecular weight excluding hydrogens is 350 g/mol. The Morgan fingerprint density at radius 1 is 1.20 bits per heavy atom. The lowest BCUT2D eigenvalue weighted by molar-refractivity contribution is 0.412. The number of rotatable bonds is 6. The highest BCUT2D eigenvalue weighted by Crippen LogP contribution is 2.30. The van der Waals surface area contributed by atoms with Gasteiger partial charge in [-0.15, -0.1) is 11.3 Å². The number of para-hydroxylation sites is 1. The minimum Gasteiger partial charge on any atom is -0.375 e. The van der Waals surface area contributed by atoms with Crippen LogP contribution in [-0.4, -0.2) is 35.6 Å². The summed E-state index contributed by atoms with van der Waals surface area (Å²) in [7, 11) is 0. The standard InChI is InChI=1S/C18H23N5S2/c19-17-21-14(12-24-17)4-3-9-20-13-7-10-23(11-8-13)18-22-15-5-1-2-6-16(15)25-18/h1-2,5-6,12-13,20H,3-4,7-11H2,(H2,19,21). The molecule has 1 saturated heterocycles. The Morgan fingerprint density at radius 2 is 2.04 bits per heavy atom. The Hall–Kier alpha value is -1.70. The molecule has 4 rings (SSSR count). The topological polar surface area (TPSA) is 67.1 Å². The lowest BCUT2D eigenvalue weighted by Crippen LogP contribution is -2.42. The molecule has 0 spiro atoms. The summed E-state index contributed by atoms with van der Waals surface area (Å²) in [5.41, 5.74) is 7.90. The maximum absolute atomic E-state index is 5.67. The van der Waals surface area contributed by atoms with E-state index in [-0.39, 0.29) is 0 Å². The Kier molecular flexibility index (Phi) is 5.14. The molecular formula is C18H23N5S2. The summed E-state index contributed by atoms with van der Waals surface area (Å²) in [4.78, 5) is 11.5. The third-order valence-electron chi connectivity index (χ3n) is 4.66. The Morgan fingerprint density at radius 3 is 2.80 bits per heavy atom. The number of anilines is 2. The summed E-state index contributed by atoms with van der Waals surface area (Å²) in [5, 5.41) is 7.60. The first-order valence-corrected chi connectivity index (χ1v) is 10.5. The molecule has 1 aliphatic rings. The van der Waals surface area contributed by atoms with Crippen molar-refractivity contribution in [2.75, 3.05) is 30.3 Å². The van der Waals surface area contributed by atoms with Crippen LogP contribution in [0.3, 0.4) is 0 Å². The number of benzene rings is 1. The summed E-state index contributed by atoms with van der Waals surface area (Å²) in [6, 6.07) is 9.01. The number of aromatic nitrogens is 2. The molecule has 0 bridgehead atoms. The van der Waals surface area contributed by atoms with Gasteiger partial charge < -0.3 is 16.0 Å². The van der Waals surface area contributed by atoms with Crippen molar-refractivity contribution in [1.82, 2.24) is 15.3 Å². The van der Waals surface area contributed by atoms with Gasteiger partial charge in [-0.05, 0) is 44.4 Å². The minimum atomic E-state index is 0.617. The van der Waals surface area contributed by atoms with Crippen LogP contribution < -0.4 is 16.0 Å². The maximum Gasteiger partial charge on any atom is 0.186 e. The number of aryl methyl sites for hydroxylation is 1. The van der Waals surface area contributed by atoms with Crippen LogP contribution in [0.5, 0.6) is 0 Å². The monoisotopic (exact) mass is 373 g/mol. The van der Waals surface area contributed by atoms with Gasteiger partial charge >= 0.3 is 0 Å². The molecule has 0 radical (unpaired) electrons. The van der Waals surface area contributed by atoms with Gasteiger partial charge in [0.2, 0.25) is 0 Å². The van der Waals surface area contributed by atoms with Crippen LogP contribution in [-0.2, 0) is 6.42 Å². The summed E-state index contributed by atoms with van der Waals surface area (Å²) in [6.45, 7) is 3.21. The Labute approximate surface area is 155 Å². The van der Waals surface area contributed by atoms with E-state index in [4.69, 9.17) is 10.7 Å². The van der Waals surface area contributed by atoms with Crippen molar-refractivity contribution in [2.45, 2.75) is 31.7 Å². The molecule has 1 fully saturated rings. The molecule has 0 saturated carbocycles. The van der Waals surface area contributed by atoms with E-state index in [2.05, 4.69) is 44.8 Å². The van der Waals surface area contributed by atoms with Crippen molar-refractivity contribution in [3.8, 4) is 0 Å². The van der Waals surface area contributed by atoms with E-state index in [1.807, 2.05) is 0 Å². The molecule has 132 valence electrons. The lowest BCUT2D eigenvalue weighted by Gasteiger charge is -2.32. The summed E-state index contributed by atoms with van der Waals surface area (Å²) in [5.74, 6) is 0. The van der Waals surface area contributed by atoms with Crippen LogP contribution in [0.2, 0.25) is 0 Å². The number of nitrogens with one attached hydrogen (secondary N) is 1. The van der Waals surface area contributed by atoms with Gasteiger partial charge in [0, 0.05) is 24.5 Å². The number of piperidine rings is 1. The van der Waals surface area contributed by atoms with E-state index in [1.165, 1.54) is 34.0 Å². The molecule has 1 aromatic carbocycles. The van der Waals surface area contributed by atoms with Crippen LogP contribution >= 0.6 is 22.7 Å². The smallest absolute Gasteiger partial charge is 0.186 e. The average Bonchev–Trinajstić information content (AvgIpc) is 3.25. The van der Waals surface area contributed by atoms with Gasteiger partial charge in [-0.3, -0.25) is 0 Å². The zero-order valence-corrected chi connectivity index (χ0v) is 15.8. The van der Waals surface area contributed by atoms with Crippen molar-refractivity contribution in [2.24, 2.45) is 0 Å². The van der Waals surface area contributed by atoms with Gasteiger partial charge in [0.15, 0.2) is 10.3 Å². The zero-order chi connectivity index (χ0) is 17.1. The predicted octanol–water partition coefficient (Wildman–Crippen LogP) is 3.53. The molecule has 0 atom stereocenters. The number of nitrogen functional groups attached to an aromatic ring is 1. The van der Waals surface area contributed by atoms with Gasteiger partial charge in [-0.25, -0.2) is 9.97 Å². The highest BCUT2D eigenvalue weighted by molar-refractivity contribution is 7.22. The predicted molar refractivity (Wildman–Crippen MR) is 108 cm³/mol. The third kappa shape index (κ3) is 4.11. The quantitative estimate of drug-likeness (QED) is 0.647. The second kappa shape index (κ2) is 7.68. The second-order valence-electron chi connectivity index (χ2n) is 6.46. The number of thiazole rings is 2. The minimum absolute atomic E-state index is 0.617. The number of hydrogen-bond acceptors (Lipinski definition) is 7. The second-order valence-corrected chi connectivity index (χ2v) is 8.36. The Bertz CT molecular complexity index is 787. The van der Waals surface area contributed by atoms with E-state index in [9.17, 15) is 0 Å². The normalized spacial score (nSPS) is 15.9. The average molecular weight is 374 g/mol. The van der Waals surface area contributed by atoms with Crippen LogP contribution in [0.1, 0.15) is 25.0 Å². The van der Waals surface area contributed by atoms with Gasteiger partial charge in [0.05, 0.1) is 15.9 Å². The number of hydrogen-bond donors (Lipinski definition) is 2. The third-order valence-corrected chi connectivity index (χ3v) is 6.48. The lowest BCUT2D eigenvalue weighted by atomic mass is 10.1. The van der Waals surface area contributed by atoms with Crippen LogP contribution in [0, 0.1) is 0 Å². The molecule has 25 heavy (non-hydrogen) atoms. The number of nitrogens with two attached hydrogens (primary N) is 1. The van der Waals surface area contributed by atoms with Crippen LogP contribution in [0.15, 0.2) is 29.6 Å². The highest BCUT2D eigenvalue weighted by Gasteiger charge is 2.21. The summed E-state index contributed by atoms with van der Waals surface area (Å²) in [6.07, 6.45) is 4.48. The fourth-order valence-electron chi connectivity index (χ4n) is 3.28. The van der Waals surface area contributed by atoms with Crippen molar-refractivity contribution in [1.29, 1.82) is 0 Å². The fraction of sp³-hybridized carbons (Fsp3) is 0.444. The van der Waals surface area contributed by atoms with Crippen LogP contribution in [0.25, 0.3) is 10.2 Å². The highest BCUT2D eigenvalue weighted by atomic mass is 32.1. The maximum atomic E-state index is 5.67. The molecule has 3 aromatic rings.